The van der Waals surface area contributed by atoms with Gasteiger partial charge < -0.3 is 14.8 Å². The number of rotatable bonds is 6. The molecule has 0 amide bonds. The van der Waals surface area contributed by atoms with Crippen molar-refractivity contribution < 1.29 is 9.84 Å². The normalized spacial score (nSPS) is 13.0. The number of H-pyrrole nitrogens is 1. The topological polar surface area (TPSA) is 96.3 Å². The van der Waals surface area contributed by atoms with Gasteiger partial charge in [0.2, 0.25) is 5.88 Å². The van der Waals surface area contributed by atoms with E-state index < -0.39 is 0 Å². The summed E-state index contributed by atoms with van der Waals surface area (Å²) in [5.74, 6) is 0.401. The number of nitrogens with one attached hydrogen (secondary N) is 1. The molecule has 7 nitrogen and oxygen atoms in total. The van der Waals surface area contributed by atoms with Gasteiger partial charge >= 0.3 is 0 Å². The first-order valence-corrected chi connectivity index (χ1v) is 8.83. The molecule has 1 atom stereocenters. The van der Waals surface area contributed by atoms with Crippen molar-refractivity contribution in [3.05, 3.63) is 84.1 Å². The van der Waals surface area contributed by atoms with Gasteiger partial charge in [-0.15, -0.1) is 0 Å². The maximum atomic E-state index is 9.75. The van der Waals surface area contributed by atoms with Gasteiger partial charge in [-0.2, -0.15) is 0 Å². The van der Waals surface area contributed by atoms with Crippen LogP contribution in [0.5, 0.6) is 5.88 Å². The van der Waals surface area contributed by atoms with E-state index in [1.807, 2.05) is 54.6 Å². The van der Waals surface area contributed by atoms with E-state index in [4.69, 9.17) is 14.7 Å². The zero-order valence-corrected chi connectivity index (χ0v) is 15.3. The molecule has 0 aliphatic rings. The van der Waals surface area contributed by atoms with Crippen molar-refractivity contribution in [3.63, 3.8) is 0 Å². The number of aliphatic imine (C=N–C) groups is 1. The van der Waals surface area contributed by atoms with E-state index in [0.717, 1.165) is 16.6 Å². The number of aromatic amines is 1. The fraction of sp³-hybridized carbons (Fsp3) is 0.143. The van der Waals surface area contributed by atoms with E-state index in [9.17, 15) is 5.11 Å². The molecule has 0 aliphatic heterocycles. The van der Waals surface area contributed by atoms with Crippen LogP contribution in [0.3, 0.4) is 0 Å². The van der Waals surface area contributed by atoms with Gasteiger partial charge in [0, 0.05) is 13.3 Å². The summed E-state index contributed by atoms with van der Waals surface area (Å²) in [7, 11) is 1.64. The quantitative estimate of drug-likeness (QED) is 0.506. The highest BCUT2D eigenvalue weighted by molar-refractivity contribution is 6.10. The summed E-state index contributed by atoms with van der Waals surface area (Å²) in [6, 6.07) is 17.1. The molecule has 0 unspecified atom stereocenters. The minimum Gasteiger partial charge on any atom is -0.493 e. The smallest absolute Gasteiger partial charge is 0.208 e. The molecule has 1 aromatic carbocycles. The molecule has 0 aliphatic carbocycles. The Morgan fingerprint density at radius 3 is 2.68 bits per heavy atom. The lowest BCUT2D eigenvalue weighted by molar-refractivity contribution is 0.181. The van der Waals surface area contributed by atoms with Crippen LogP contribution in [0.1, 0.15) is 23.1 Å². The monoisotopic (exact) mass is 373 g/mol. The van der Waals surface area contributed by atoms with Crippen molar-refractivity contribution in [2.24, 2.45) is 4.99 Å². The lowest BCUT2D eigenvalue weighted by Gasteiger charge is -2.14. The molecule has 140 valence electrons. The number of nitrogens with zero attached hydrogens (tertiary/aromatic N) is 4. The van der Waals surface area contributed by atoms with Gasteiger partial charge in [0.05, 0.1) is 35.6 Å². The van der Waals surface area contributed by atoms with Crippen molar-refractivity contribution in [2.75, 3.05) is 13.7 Å². The first-order chi connectivity index (χ1) is 13.7. The number of methoxy groups -OCH3 is 1. The lowest BCUT2D eigenvalue weighted by Crippen LogP contribution is -2.13. The second-order valence-electron chi connectivity index (χ2n) is 6.21. The van der Waals surface area contributed by atoms with E-state index in [1.54, 1.807) is 13.3 Å². The predicted octanol–water partition coefficient (Wildman–Crippen LogP) is 3.28. The highest BCUT2D eigenvalue weighted by Crippen LogP contribution is 2.21. The van der Waals surface area contributed by atoms with Gasteiger partial charge in [0.1, 0.15) is 5.71 Å². The number of hydrogen-bond acceptors (Lipinski definition) is 6. The van der Waals surface area contributed by atoms with Crippen LogP contribution in [-0.4, -0.2) is 44.5 Å². The maximum Gasteiger partial charge on any atom is 0.208 e. The first kappa shape index (κ1) is 17.8. The first-order valence-electron chi connectivity index (χ1n) is 8.83. The molecular weight excluding hydrogens is 354 g/mol. The van der Waals surface area contributed by atoms with Crippen LogP contribution >= 0.6 is 0 Å². The number of fused-ring (bicyclic) bond motifs is 1. The second kappa shape index (κ2) is 7.98. The molecule has 4 rings (SSSR count). The maximum absolute atomic E-state index is 9.75. The van der Waals surface area contributed by atoms with Crippen LogP contribution in [0.15, 0.2) is 72.0 Å². The van der Waals surface area contributed by atoms with Crippen molar-refractivity contribution in [1.29, 1.82) is 0 Å². The minimum atomic E-state index is -0.250. The van der Waals surface area contributed by atoms with Crippen molar-refractivity contribution >= 4 is 16.7 Å². The molecule has 4 aromatic rings. The molecular formula is C21H19N5O2. The van der Waals surface area contributed by atoms with E-state index >= 15 is 0 Å². The molecule has 0 saturated heterocycles. The zero-order chi connectivity index (χ0) is 19.3. The fourth-order valence-electron chi connectivity index (χ4n) is 2.97. The van der Waals surface area contributed by atoms with Crippen molar-refractivity contribution in [1.82, 2.24) is 19.9 Å². The van der Waals surface area contributed by atoms with E-state index in [0.29, 0.717) is 23.8 Å². The zero-order valence-electron chi connectivity index (χ0n) is 15.3. The SMILES string of the molecule is COC[C@H](N=C(c1ccc2ncccc2n1)c1ncc(O)[nH]1)c1ccccc1. The Bertz CT molecular complexity index is 1110. The summed E-state index contributed by atoms with van der Waals surface area (Å²) in [5.41, 5.74) is 3.74. The number of hydrogen-bond donors (Lipinski definition) is 2. The fourth-order valence-corrected chi connectivity index (χ4v) is 2.97. The number of pyridine rings is 2. The van der Waals surface area contributed by atoms with E-state index in [2.05, 4.69) is 15.0 Å². The van der Waals surface area contributed by atoms with Gasteiger partial charge in [-0.3, -0.25) is 9.98 Å². The average molecular weight is 373 g/mol. The summed E-state index contributed by atoms with van der Waals surface area (Å²) < 4.78 is 5.39. The summed E-state index contributed by atoms with van der Waals surface area (Å²) in [5, 5.41) is 9.75. The minimum absolute atomic E-state index is 0.0341. The molecule has 0 spiro atoms. The van der Waals surface area contributed by atoms with Gasteiger partial charge in [-0.05, 0) is 29.8 Å². The third kappa shape index (κ3) is 3.74. The number of aromatic hydroxyl groups is 1. The third-order valence-corrected chi connectivity index (χ3v) is 4.28. The summed E-state index contributed by atoms with van der Waals surface area (Å²) in [6.07, 6.45) is 3.08. The lowest BCUT2D eigenvalue weighted by atomic mass is 10.1. The molecule has 28 heavy (non-hydrogen) atoms. The largest absolute Gasteiger partial charge is 0.493 e. The van der Waals surface area contributed by atoms with E-state index in [-0.39, 0.29) is 11.9 Å². The standard InChI is InChI=1S/C21H19N5O2/c1-28-13-18(14-6-3-2-4-7-14)25-20(21-23-12-19(27)26-21)17-10-9-15-16(24-17)8-5-11-22-15/h2-12,18,27H,13H2,1H3,(H,23,26)/t18-/m0/s1. The van der Waals surface area contributed by atoms with Crippen molar-refractivity contribution in [2.45, 2.75) is 6.04 Å². The predicted molar refractivity (Wildman–Crippen MR) is 106 cm³/mol. The van der Waals surface area contributed by atoms with Gasteiger partial charge in [-0.1, -0.05) is 30.3 Å². The van der Waals surface area contributed by atoms with Crippen LogP contribution in [-0.2, 0) is 4.74 Å². The number of ether oxygens (including phenoxy) is 1. The second-order valence-corrected chi connectivity index (χ2v) is 6.21. The molecule has 0 bridgehead atoms. The summed E-state index contributed by atoms with van der Waals surface area (Å²) in [4.78, 5) is 21.0. The van der Waals surface area contributed by atoms with E-state index in [1.165, 1.54) is 6.20 Å². The van der Waals surface area contributed by atoms with Crippen molar-refractivity contribution in [3.8, 4) is 5.88 Å². The van der Waals surface area contributed by atoms with Crippen LogP contribution in [0.2, 0.25) is 0 Å². The highest BCUT2D eigenvalue weighted by atomic mass is 16.5. The Hall–Kier alpha value is -3.58. The van der Waals surface area contributed by atoms with Crippen LogP contribution in [0.4, 0.5) is 0 Å². The molecule has 0 saturated carbocycles. The molecule has 0 fully saturated rings. The summed E-state index contributed by atoms with van der Waals surface area (Å²) in [6.45, 7) is 0.398. The number of benzene rings is 1. The van der Waals surface area contributed by atoms with Gasteiger partial charge in [0.25, 0.3) is 0 Å². The van der Waals surface area contributed by atoms with Crippen LogP contribution in [0, 0.1) is 0 Å². The molecule has 7 heteroatoms. The Morgan fingerprint density at radius 2 is 1.93 bits per heavy atom. The summed E-state index contributed by atoms with van der Waals surface area (Å²) >= 11 is 0. The molecule has 3 aromatic heterocycles. The third-order valence-electron chi connectivity index (χ3n) is 4.28. The molecule has 0 radical (unpaired) electrons. The number of imidazole rings is 1. The van der Waals surface area contributed by atoms with Crippen LogP contribution in [0.25, 0.3) is 11.0 Å². The Kier molecular flexibility index (Phi) is 5.07. The Balaban J connectivity index is 1.85. The van der Waals surface area contributed by atoms with Gasteiger partial charge in [-0.25, -0.2) is 9.97 Å². The molecule has 2 N–H and O–H groups in total. The van der Waals surface area contributed by atoms with Crippen LogP contribution < -0.4 is 0 Å². The molecule has 3 heterocycles. The average Bonchev–Trinajstić information content (AvgIpc) is 3.17. The van der Waals surface area contributed by atoms with Gasteiger partial charge in [0.15, 0.2) is 5.82 Å². The Labute approximate surface area is 161 Å². The highest BCUT2D eigenvalue weighted by Gasteiger charge is 2.18. The number of aromatic nitrogens is 4. The Morgan fingerprint density at radius 1 is 1.07 bits per heavy atom.